The first-order valence-electron chi connectivity index (χ1n) is 11.0. The standard InChI is InChI=1S/C25H30N2O3S/c1-30-22-11-9-19(10-12-22)7-8-20-13-15-26(16-14-20)25(29)23-17-31-18-27(23)24(28)21-5-3-2-4-6-21/h2-6,9-12,20,23H,7-8,13-18H2,1H3/t23-/m0/s1. The maximum atomic E-state index is 13.2. The third kappa shape index (κ3) is 5.24. The van der Waals surface area contributed by atoms with Crippen molar-refractivity contribution in [2.75, 3.05) is 31.8 Å². The van der Waals surface area contributed by atoms with E-state index in [0.29, 0.717) is 23.1 Å². The van der Waals surface area contributed by atoms with Crippen molar-refractivity contribution in [1.29, 1.82) is 0 Å². The lowest BCUT2D eigenvalue weighted by molar-refractivity contribution is -0.136. The molecule has 5 nitrogen and oxygen atoms in total. The van der Waals surface area contributed by atoms with E-state index in [9.17, 15) is 9.59 Å². The monoisotopic (exact) mass is 438 g/mol. The Kier molecular flexibility index (Phi) is 7.17. The molecular formula is C25H30N2O3S. The SMILES string of the molecule is COc1ccc(CCC2CCN(C(=O)[C@@H]3CSCN3C(=O)c3ccccc3)CC2)cc1. The molecule has 2 aliphatic heterocycles. The lowest BCUT2D eigenvalue weighted by atomic mass is 9.90. The number of piperidine rings is 1. The Morgan fingerprint density at radius 2 is 1.74 bits per heavy atom. The Hall–Kier alpha value is -2.47. The zero-order valence-electron chi connectivity index (χ0n) is 18.0. The van der Waals surface area contributed by atoms with Gasteiger partial charge in [-0.2, -0.15) is 0 Å². The van der Waals surface area contributed by atoms with Crippen molar-refractivity contribution in [3.05, 3.63) is 65.7 Å². The van der Waals surface area contributed by atoms with E-state index in [1.165, 1.54) is 5.56 Å². The summed E-state index contributed by atoms with van der Waals surface area (Å²) in [5.41, 5.74) is 1.98. The quantitative estimate of drug-likeness (QED) is 0.682. The number of likely N-dealkylation sites (tertiary alicyclic amines) is 1. The van der Waals surface area contributed by atoms with Crippen LogP contribution in [0.15, 0.2) is 54.6 Å². The molecule has 0 spiro atoms. The van der Waals surface area contributed by atoms with Gasteiger partial charge < -0.3 is 14.5 Å². The van der Waals surface area contributed by atoms with Crippen molar-refractivity contribution in [3.63, 3.8) is 0 Å². The van der Waals surface area contributed by atoms with Crippen LogP contribution in [0.1, 0.15) is 35.2 Å². The van der Waals surface area contributed by atoms with Gasteiger partial charge in [0.2, 0.25) is 5.91 Å². The molecule has 0 N–H and O–H groups in total. The smallest absolute Gasteiger partial charge is 0.255 e. The fraction of sp³-hybridized carbons (Fsp3) is 0.440. The predicted molar refractivity (Wildman–Crippen MR) is 124 cm³/mol. The number of hydrogen-bond acceptors (Lipinski definition) is 4. The molecule has 0 aliphatic carbocycles. The molecule has 1 atom stereocenters. The summed E-state index contributed by atoms with van der Waals surface area (Å²) in [6.45, 7) is 1.58. The summed E-state index contributed by atoms with van der Waals surface area (Å²) in [6, 6.07) is 17.2. The number of amides is 2. The largest absolute Gasteiger partial charge is 0.497 e. The van der Waals surface area contributed by atoms with Gasteiger partial charge in [0.15, 0.2) is 0 Å². The summed E-state index contributed by atoms with van der Waals surface area (Å²) in [6.07, 6.45) is 4.27. The maximum absolute atomic E-state index is 13.2. The molecule has 2 aromatic carbocycles. The van der Waals surface area contributed by atoms with Crippen molar-refractivity contribution < 1.29 is 14.3 Å². The van der Waals surface area contributed by atoms with Gasteiger partial charge in [-0.15, -0.1) is 11.8 Å². The molecule has 2 fully saturated rings. The van der Waals surface area contributed by atoms with Gasteiger partial charge in [0.25, 0.3) is 5.91 Å². The van der Waals surface area contributed by atoms with Crippen LogP contribution < -0.4 is 4.74 Å². The topological polar surface area (TPSA) is 49.9 Å². The van der Waals surface area contributed by atoms with Crippen LogP contribution in [0.2, 0.25) is 0 Å². The number of hydrogen-bond donors (Lipinski definition) is 0. The van der Waals surface area contributed by atoms with E-state index < -0.39 is 0 Å². The molecule has 0 saturated carbocycles. The molecule has 2 aromatic rings. The average Bonchev–Trinajstić information content (AvgIpc) is 3.33. The minimum Gasteiger partial charge on any atom is -0.497 e. The zero-order chi connectivity index (χ0) is 21.6. The molecule has 0 bridgehead atoms. The lowest BCUT2D eigenvalue weighted by Crippen LogP contribution is -2.51. The molecule has 31 heavy (non-hydrogen) atoms. The Balaban J connectivity index is 1.28. The molecule has 0 radical (unpaired) electrons. The lowest BCUT2D eigenvalue weighted by Gasteiger charge is -2.35. The van der Waals surface area contributed by atoms with Crippen LogP contribution in [0.5, 0.6) is 5.75 Å². The molecule has 2 heterocycles. The van der Waals surface area contributed by atoms with Crippen LogP contribution in [0, 0.1) is 5.92 Å². The van der Waals surface area contributed by atoms with E-state index >= 15 is 0 Å². The van der Waals surface area contributed by atoms with Crippen molar-refractivity contribution in [2.24, 2.45) is 5.92 Å². The third-order valence-electron chi connectivity index (χ3n) is 6.38. The van der Waals surface area contributed by atoms with E-state index in [4.69, 9.17) is 4.74 Å². The number of nitrogens with zero attached hydrogens (tertiary/aromatic N) is 2. The van der Waals surface area contributed by atoms with Crippen LogP contribution in [0.25, 0.3) is 0 Å². The van der Waals surface area contributed by atoms with Crippen LogP contribution in [0.4, 0.5) is 0 Å². The number of benzene rings is 2. The summed E-state index contributed by atoms with van der Waals surface area (Å²) < 4.78 is 5.22. The second-order valence-electron chi connectivity index (χ2n) is 8.31. The molecule has 0 aromatic heterocycles. The molecule has 4 rings (SSSR count). The maximum Gasteiger partial charge on any atom is 0.255 e. The highest BCUT2D eigenvalue weighted by atomic mass is 32.2. The summed E-state index contributed by atoms with van der Waals surface area (Å²) in [5, 5.41) is 0. The first kappa shape index (κ1) is 21.8. The third-order valence-corrected chi connectivity index (χ3v) is 7.39. The zero-order valence-corrected chi connectivity index (χ0v) is 18.9. The van der Waals surface area contributed by atoms with Crippen molar-refractivity contribution in [3.8, 4) is 5.75 Å². The van der Waals surface area contributed by atoms with Crippen molar-refractivity contribution in [2.45, 2.75) is 31.7 Å². The molecule has 2 amide bonds. The highest BCUT2D eigenvalue weighted by Crippen LogP contribution is 2.28. The molecule has 2 aliphatic rings. The Morgan fingerprint density at radius 3 is 2.42 bits per heavy atom. The van der Waals surface area contributed by atoms with Crippen LogP contribution in [-0.2, 0) is 11.2 Å². The minimum absolute atomic E-state index is 0.0432. The molecular weight excluding hydrogens is 408 g/mol. The fourth-order valence-electron chi connectivity index (χ4n) is 4.41. The average molecular weight is 439 g/mol. The second kappa shape index (κ2) is 10.2. The minimum atomic E-state index is -0.339. The highest BCUT2D eigenvalue weighted by Gasteiger charge is 2.38. The second-order valence-corrected chi connectivity index (χ2v) is 9.31. The number of carbonyl (C=O) groups is 2. The molecule has 2 saturated heterocycles. The van der Waals surface area contributed by atoms with Gasteiger partial charge in [-0.25, -0.2) is 0 Å². The van der Waals surface area contributed by atoms with E-state index in [1.54, 1.807) is 23.8 Å². The highest BCUT2D eigenvalue weighted by molar-refractivity contribution is 7.99. The Labute approximate surface area is 188 Å². The number of carbonyl (C=O) groups excluding carboxylic acids is 2. The summed E-state index contributed by atoms with van der Waals surface area (Å²) >= 11 is 1.66. The number of ether oxygens (including phenoxy) is 1. The normalized spacial score (nSPS) is 19.5. The van der Waals surface area contributed by atoms with Crippen LogP contribution in [0.3, 0.4) is 0 Å². The first-order chi connectivity index (χ1) is 15.2. The van der Waals surface area contributed by atoms with Crippen LogP contribution >= 0.6 is 11.8 Å². The van der Waals surface area contributed by atoms with Crippen molar-refractivity contribution in [1.82, 2.24) is 9.80 Å². The Bertz CT molecular complexity index is 879. The van der Waals surface area contributed by atoms with Gasteiger partial charge in [0.05, 0.1) is 13.0 Å². The summed E-state index contributed by atoms with van der Waals surface area (Å²) in [4.78, 5) is 29.8. The number of thioether (sulfide) groups is 1. The predicted octanol–water partition coefficient (Wildman–Crippen LogP) is 4.08. The fourth-order valence-corrected chi connectivity index (χ4v) is 5.55. The van der Waals surface area contributed by atoms with Gasteiger partial charge in [-0.3, -0.25) is 9.59 Å². The Morgan fingerprint density at radius 1 is 1.03 bits per heavy atom. The molecule has 164 valence electrons. The van der Waals surface area contributed by atoms with Crippen molar-refractivity contribution >= 4 is 23.6 Å². The number of methoxy groups -OCH3 is 1. The van der Waals surface area contributed by atoms with E-state index in [1.807, 2.05) is 47.4 Å². The van der Waals surface area contributed by atoms with E-state index in [2.05, 4.69) is 12.1 Å². The number of aryl methyl sites for hydroxylation is 1. The van der Waals surface area contributed by atoms with Gasteiger partial charge in [0, 0.05) is 24.4 Å². The van der Waals surface area contributed by atoms with E-state index in [-0.39, 0.29) is 17.9 Å². The summed E-state index contributed by atoms with van der Waals surface area (Å²) in [7, 11) is 1.69. The first-order valence-corrected chi connectivity index (χ1v) is 12.2. The van der Waals surface area contributed by atoms with Gasteiger partial charge in [-0.1, -0.05) is 30.3 Å². The number of rotatable bonds is 6. The molecule has 0 unspecified atom stereocenters. The van der Waals surface area contributed by atoms with Gasteiger partial charge >= 0.3 is 0 Å². The van der Waals surface area contributed by atoms with E-state index in [0.717, 1.165) is 44.5 Å². The van der Waals surface area contributed by atoms with Gasteiger partial charge in [-0.05, 0) is 61.4 Å². The van der Waals surface area contributed by atoms with Crippen LogP contribution in [-0.4, -0.2) is 59.5 Å². The summed E-state index contributed by atoms with van der Waals surface area (Å²) in [5.74, 6) is 2.88. The van der Waals surface area contributed by atoms with Gasteiger partial charge in [0.1, 0.15) is 11.8 Å². The molecule has 6 heteroatoms.